The highest BCUT2D eigenvalue weighted by atomic mass is 16.4. The summed E-state index contributed by atoms with van der Waals surface area (Å²) in [7, 11) is -3.74. The van der Waals surface area contributed by atoms with Crippen LogP contribution in [0, 0.1) is 0 Å². The number of aromatic nitrogens is 4. The van der Waals surface area contributed by atoms with Crippen LogP contribution in [0.2, 0.25) is 0 Å². The monoisotopic (exact) mass is 462 g/mol. The van der Waals surface area contributed by atoms with Gasteiger partial charge < -0.3 is 30.7 Å². The molecule has 0 saturated carbocycles. The number of aryl methyl sites for hydroxylation is 2. The molecule has 0 bridgehead atoms. The van der Waals surface area contributed by atoms with Crippen LogP contribution in [0.5, 0.6) is 0 Å². The van der Waals surface area contributed by atoms with Gasteiger partial charge in [0.25, 0.3) is 11.8 Å². The van der Waals surface area contributed by atoms with Gasteiger partial charge in [-0.15, -0.1) is 0 Å². The van der Waals surface area contributed by atoms with Gasteiger partial charge in [-0.3, -0.25) is 19.0 Å². The Hall–Kier alpha value is -2.67. The van der Waals surface area contributed by atoms with Crippen molar-refractivity contribution in [3.05, 3.63) is 23.8 Å². The number of nitrogens with one attached hydrogen (secondary N) is 2. The summed E-state index contributed by atoms with van der Waals surface area (Å²) in [5, 5.41) is 52.3. The predicted molar refractivity (Wildman–Crippen MR) is 123 cm³/mol. The Balaban J connectivity index is 2.24. The fourth-order valence-electron chi connectivity index (χ4n) is 3.18. The van der Waals surface area contributed by atoms with E-state index in [1.807, 2.05) is 0 Å². The summed E-state index contributed by atoms with van der Waals surface area (Å²) in [5.41, 5.74) is -1.08. The van der Waals surface area contributed by atoms with Gasteiger partial charge in [0, 0.05) is 47.5 Å². The molecular formula is C19H32B2N6O6. The summed E-state index contributed by atoms with van der Waals surface area (Å²) in [6.45, 7) is 11.2. The molecule has 6 N–H and O–H groups in total. The highest BCUT2D eigenvalue weighted by Gasteiger charge is 2.29. The van der Waals surface area contributed by atoms with E-state index in [0.29, 0.717) is 6.42 Å². The SMILES string of the molecule is CC(C)(C)NC(=O)c1c(B(O)O)cnn1CCCn1ncc(B(O)O)c1C(=O)NC(C)(C)C. The van der Waals surface area contributed by atoms with Crippen molar-refractivity contribution in [3.8, 4) is 0 Å². The van der Waals surface area contributed by atoms with Crippen LogP contribution in [0.4, 0.5) is 0 Å². The highest BCUT2D eigenvalue weighted by molar-refractivity contribution is 6.60. The minimum absolute atomic E-state index is 0.0215. The van der Waals surface area contributed by atoms with E-state index in [2.05, 4.69) is 20.8 Å². The number of hydrogen-bond acceptors (Lipinski definition) is 8. The lowest BCUT2D eigenvalue weighted by Crippen LogP contribution is -2.45. The molecule has 33 heavy (non-hydrogen) atoms. The van der Waals surface area contributed by atoms with Crippen LogP contribution in [-0.4, -0.2) is 76.8 Å². The van der Waals surface area contributed by atoms with Gasteiger partial charge in [0.1, 0.15) is 11.4 Å². The van der Waals surface area contributed by atoms with E-state index in [1.165, 1.54) is 21.8 Å². The third-order valence-electron chi connectivity index (χ3n) is 4.44. The van der Waals surface area contributed by atoms with Crippen molar-refractivity contribution in [1.29, 1.82) is 0 Å². The quantitative estimate of drug-likeness (QED) is 0.235. The van der Waals surface area contributed by atoms with Gasteiger partial charge in [-0.05, 0) is 48.0 Å². The molecule has 2 amide bonds. The Kier molecular flexibility index (Phi) is 8.12. The molecule has 2 heterocycles. The zero-order valence-corrected chi connectivity index (χ0v) is 19.8. The molecule has 0 saturated heterocycles. The molecule has 0 spiro atoms. The molecule has 0 aliphatic rings. The summed E-state index contributed by atoms with van der Waals surface area (Å²) >= 11 is 0. The molecule has 14 heteroatoms. The first kappa shape index (κ1) is 26.6. The van der Waals surface area contributed by atoms with Crippen molar-refractivity contribution in [2.75, 3.05) is 0 Å². The number of amides is 2. The van der Waals surface area contributed by atoms with Gasteiger partial charge in [-0.25, -0.2) is 0 Å². The summed E-state index contributed by atoms with van der Waals surface area (Å²) in [5.74, 6) is -1.00. The predicted octanol–water partition coefficient (Wildman–Crippen LogP) is -2.41. The Morgan fingerprint density at radius 2 is 1.12 bits per heavy atom. The Bertz CT molecular complexity index is 912. The molecule has 0 aromatic carbocycles. The standard InChI is InChI=1S/C19H32B2N6O6/c1-18(2,3)24-16(28)14-12(20(30)31)10-22-26(14)8-7-9-27-15(13(11-23-27)21(32)33)17(29)25-19(4,5)6/h10-11,30-33H,7-9H2,1-6H3,(H,24,28)(H,25,29). The maximum Gasteiger partial charge on any atom is 0.492 e. The minimum atomic E-state index is -1.87. The Morgan fingerprint density at radius 3 is 1.39 bits per heavy atom. The molecule has 0 radical (unpaired) electrons. The molecule has 0 aliphatic heterocycles. The van der Waals surface area contributed by atoms with Crippen molar-refractivity contribution in [2.45, 2.75) is 72.1 Å². The fourth-order valence-corrected chi connectivity index (χ4v) is 3.18. The summed E-state index contributed by atoms with van der Waals surface area (Å²) in [6.07, 6.45) is 2.80. The normalized spacial score (nSPS) is 11.9. The average Bonchev–Trinajstić information content (AvgIpc) is 3.23. The maximum atomic E-state index is 12.7. The topological polar surface area (TPSA) is 175 Å². The zero-order chi connectivity index (χ0) is 25.1. The summed E-state index contributed by atoms with van der Waals surface area (Å²) < 4.78 is 2.71. The van der Waals surface area contributed by atoms with Crippen LogP contribution >= 0.6 is 0 Å². The van der Waals surface area contributed by atoms with Crippen molar-refractivity contribution < 1.29 is 29.7 Å². The van der Waals surface area contributed by atoms with Crippen molar-refractivity contribution in [1.82, 2.24) is 30.2 Å². The van der Waals surface area contributed by atoms with Gasteiger partial charge in [0.15, 0.2) is 0 Å². The average molecular weight is 462 g/mol. The van der Waals surface area contributed by atoms with E-state index in [0.717, 1.165) is 0 Å². The first-order valence-electron chi connectivity index (χ1n) is 10.6. The van der Waals surface area contributed by atoms with Crippen LogP contribution < -0.4 is 21.6 Å². The number of nitrogens with zero attached hydrogens (tertiary/aromatic N) is 4. The van der Waals surface area contributed by atoms with E-state index >= 15 is 0 Å². The van der Waals surface area contributed by atoms with Gasteiger partial charge in [-0.2, -0.15) is 10.2 Å². The minimum Gasteiger partial charge on any atom is -0.423 e. The van der Waals surface area contributed by atoms with Crippen molar-refractivity contribution >= 4 is 37.0 Å². The second-order valence-corrected chi connectivity index (χ2v) is 9.85. The van der Waals surface area contributed by atoms with Gasteiger partial charge in [0.05, 0.1) is 0 Å². The highest BCUT2D eigenvalue weighted by Crippen LogP contribution is 2.08. The van der Waals surface area contributed by atoms with E-state index in [1.54, 1.807) is 41.5 Å². The molecule has 12 nitrogen and oxygen atoms in total. The summed E-state index contributed by atoms with van der Waals surface area (Å²) in [4.78, 5) is 25.5. The molecule has 2 aromatic rings. The molecule has 2 aromatic heterocycles. The second kappa shape index (κ2) is 10.1. The van der Waals surface area contributed by atoms with E-state index in [9.17, 15) is 29.7 Å². The fraction of sp³-hybridized carbons (Fsp3) is 0.579. The van der Waals surface area contributed by atoms with Crippen LogP contribution in [0.1, 0.15) is 68.9 Å². The van der Waals surface area contributed by atoms with Crippen molar-refractivity contribution in [2.24, 2.45) is 0 Å². The second-order valence-electron chi connectivity index (χ2n) is 9.85. The largest absolute Gasteiger partial charge is 0.492 e. The molecule has 0 fully saturated rings. The molecule has 0 atom stereocenters. The third kappa shape index (κ3) is 7.16. The lowest BCUT2D eigenvalue weighted by molar-refractivity contribution is 0.0901. The van der Waals surface area contributed by atoms with Crippen LogP contribution in [0.25, 0.3) is 0 Å². The van der Waals surface area contributed by atoms with E-state index < -0.39 is 37.1 Å². The lowest BCUT2D eigenvalue weighted by atomic mass is 9.80. The molecule has 0 unspecified atom stereocenters. The van der Waals surface area contributed by atoms with Crippen LogP contribution in [0.15, 0.2) is 12.4 Å². The van der Waals surface area contributed by atoms with E-state index in [-0.39, 0.29) is 35.4 Å². The van der Waals surface area contributed by atoms with Crippen LogP contribution in [0.3, 0.4) is 0 Å². The summed E-state index contributed by atoms with van der Waals surface area (Å²) in [6, 6.07) is 0. The lowest BCUT2D eigenvalue weighted by Gasteiger charge is -2.22. The maximum absolute atomic E-state index is 12.7. The molecule has 0 aliphatic carbocycles. The first-order chi connectivity index (χ1) is 15.1. The van der Waals surface area contributed by atoms with Crippen molar-refractivity contribution in [3.63, 3.8) is 0 Å². The Morgan fingerprint density at radius 1 is 0.788 bits per heavy atom. The smallest absolute Gasteiger partial charge is 0.423 e. The van der Waals surface area contributed by atoms with Gasteiger partial charge in [-0.1, -0.05) is 0 Å². The molecule has 180 valence electrons. The number of hydrogen-bond donors (Lipinski definition) is 6. The van der Waals surface area contributed by atoms with Crippen LogP contribution in [-0.2, 0) is 13.1 Å². The van der Waals surface area contributed by atoms with Gasteiger partial charge >= 0.3 is 14.2 Å². The zero-order valence-electron chi connectivity index (χ0n) is 19.8. The molecule has 2 rings (SSSR count). The number of carbonyl (C=O) groups is 2. The van der Waals surface area contributed by atoms with Gasteiger partial charge in [0.2, 0.25) is 0 Å². The first-order valence-corrected chi connectivity index (χ1v) is 10.6. The van der Waals surface area contributed by atoms with E-state index in [4.69, 9.17) is 0 Å². The Labute approximate surface area is 193 Å². The number of rotatable bonds is 8. The molecular weight excluding hydrogens is 430 g/mol. The number of carbonyl (C=O) groups excluding carboxylic acids is 2. The third-order valence-corrected chi connectivity index (χ3v) is 4.44.